The molecule has 5 nitrogen and oxygen atoms in total. The Morgan fingerprint density at radius 1 is 1.08 bits per heavy atom. The zero-order valence-corrected chi connectivity index (χ0v) is 14.6. The van der Waals surface area contributed by atoms with Gasteiger partial charge in [0, 0.05) is 30.4 Å². The summed E-state index contributed by atoms with van der Waals surface area (Å²) in [4.78, 5) is 13.7. The summed E-state index contributed by atoms with van der Waals surface area (Å²) in [6.07, 6.45) is 2.93. The fourth-order valence-electron chi connectivity index (χ4n) is 3.53. The summed E-state index contributed by atoms with van der Waals surface area (Å²) in [5.74, 6) is -0.241. The summed E-state index contributed by atoms with van der Waals surface area (Å²) in [6.45, 7) is 2.37. The van der Waals surface area contributed by atoms with Crippen molar-refractivity contribution in [1.29, 1.82) is 0 Å². The number of para-hydroxylation sites is 1. The van der Waals surface area contributed by atoms with Crippen LogP contribution < -0.4 is 5.73 Å². The predicted molar refractivity (Wildman–Crippen MR) is 102 cm³/mol. The maximum atomic E-state index is 11.5. The SMILES string of the molecule is NC(=O)[C@H]1CCN(Cc2cn(-c3ccccc3)nc2-c2ccccc2)C1. The fourth-order valence-corrected chi connectivity index (χ4v) is 3.53. The third-order valence-corrected chi connectivity index (χ3v) is 4.93. The minimum atomic E-state index is -0.198. The number of carbonyl (C=O) groups excluding carboxylic acids is 1. The summed E-state index contributed by atoms with van der Waals surface area (Å²) >= 11 is 0. The highest BCUT2D eigenvalue weighted by atomic mass is 16.1. The third kappa shape index (κ3) is 3.39. The lowest BCUT2D eigenvalue weighted by Crippen LogP contribution is -2.27. The summed E-state index contributed by atoms with van der Waals surface area (Å²) in [5.41, 5.74) is 9.75. The molecule has 0 saturated carbocycles. The second-order valence-electron chi connectivity index (χ2n) is 6.77. The van der Waals surface area contributed by atoms with Gasteiger partial charge in [-0.25, -0.2) is 4.68 Å². The van der Waals surface area contributed by atoms with Crippen LogP contribution in [0.4, 0.5) is 0 Å². The first-order valence-corrected chi connectivity index (χ1v) is 8.92. The third-order valence-electron chi connectivity index (χ3n) is 4.93. The number of benzene rings is 2. The molecule has 5 heteroatoms. The van der Waals surface area contributed by atoms with Crippen molar-refractivity contribution in [2.45, 2.75) is 13.0 Å². The average molecular weight is 346 g/mol. The van der Waals surface area contributed by atoms with Gasteiger partial charge in [0.25, 0.3) is 0 Å². The van der Waals surface area contributed by atoms with Crippen LogP contribution >= 0.6 is 0 Å². The van der Waals surface area contributed by atoms with E-state index < -0.39 is 0 Å². The summed E-state index contributed by atoms with van der Waals surface area (Å²) in [7, 11) is 0. The van der Waals surface area contributed by atoms with Crippen LogP contribution in [0.15, 0.2) is 66.9 Å². The Kier molecular flexibility index (Phi) is 4.54. The molecule has 4 rings (SSSR count). The first kappa shape index (κ1) is 16.5. The Morgan fingerprint density at radius 2 is 1.77 bits per heavy atom. The molecule has 3 aromatic rings. The molecule has 0 unspecified atom stereocenters. The van der Waals surface area contributed by atoms with Crippen LogP contribution in [0.25, 0.3) is 16.9 Å². The zero-order chi connectivity index (χ0) is 17.9. The van der Waals surface area contributed by atoms with Crippen molar-refractivity contribution in [3.63, 3.8) is 0 Å². The summed E-state index contributed by atoms with van der Waals surface area (Å²) in [6, 6.07) is 20.3. The van der Waals surface area contributed by atoms with E-state index in [-0.39, 0.29) is 11.8 Å². The first-order valence-electron chi connectivity index (χ1n) is 8.92. The van der Waals surface area contributed by atoms with Gasteiger partial charge in [-0.1, -0.05) is 48.5 Å². The van der Waals surface area contributed by atoms with Crippen LogP contribution in [0.3, 0.4) is 0 Å². The van der Waals surface area contributed by atoms with Gasteiger partial charge in [0.15, 0.2) is 0 Å². The topological polar surface area (TPSA) is 64.2 Å². The standard InChI is InChI=1S/C21H22N4O/c22-21(26)17-11-12-24(13-17)14-18-15-25(19-9-5-2-6-10-19)23-20(18)16-7-3-1-4-8-16/h1-10,15,17H,11-14H2,(H2,22,26)/t17-/m0/s1. The summed E-state index contributed by atoms with van der Waals surface area (Å²) in [5, 5.41) is 4.85. The van der Waals surface area contributed by atoms with Crippen molar-refractivity contribution < 1.29 is 4.79 Å². The molecule has 132 valence electrons. The summed E-state index contributed by atoms with van der Waals surface area (Å²) < 4.78 is 1.93. The number of hydrogen-bond donors (Lipinski definition) is 1. The lowest BCUT2D eigenvalue weighted by Gasteiger charge is -2.15. The van der Waals surface area contributed by atoms with Crippen molar-refractivity contribution in [3.8, 4) is 16.9 Å². The van der Waals surface area contributed by atoms with Crippen molar-refractivity contribution in [3.05, 3.63) is 72.4 Å². The van der Waals surface area contributed by atoms with Crippen LogP contribution in [0.1, 0.15) is 12.0 Å². The number of amides is 1. The van der Waals surface area contributed by atoms with E-state index in [1.54, 1.807) is 0 Å². The smallest absolute Gasteiger partial charge is 0.221 e. The van der Waals surface area contributed by atoms with E-state index in [2.05, 4.69) is 23.2 Å². The Hall–Kier alpha value is -2.92. The van der Waals surface area contributed by atoms with Gasteiger partial charge >= 0.3 is 0 Å². The molecule has 2 heterocycles. The quantitative estimate of drug-likeness (QED) is 0.773. The lowest BCUT2D eigenvalue weighted by atomic mass is 10.1. The van der Waals surface area contributed by atoms with Crippen molar-refractivity contribution >= 4 is 5.91 Å². The van der Waals surface area contributed by atoms with E-state index in [0.29, 0.717) is 0 Å². The average Bonchev–Trinajstić information content (AvgIpc) is 3.31. The number of nitrogens with two attached hydrogens (primary N) is 1. The highest BCUT2D eigenvalue weighted by Crippen LogP contribution is 2.27. The van der Waals surface area contributed by atoms with E-state index in [0.717, 1.165) is 48.6 Å². The number of likely N-dealkylation sites (tertiary alicyclic amines) is 1. The van der Waals surface area contributed by atoms with Crippen LogP contribution in [-0.4, -0.2) is 33.7 Å². The molecule has 1 aromatic heterocycles. The molecule has 1 saturated heterocycles. The van der Waals surface area contributed by atoms with Crippen LogP contribution in [0, 0.1) is 5.92 Å². The molecule has 1 aliphatic heterocycles. The molecule has 0 bridgehead atoms. The largest absolute Gasteiger partial charge is 0.369 e. The number of rotatable bonds is 5. The van der Waals surface area contributed by atoms with E-state index in [1.807, 2.05) is 53.2 Å². The number of nitrogens with zero attached hydrogens (tertiary/aromatic N) is 3. The molecule has 26 heavy (non-hydrogen) atoms. The Balaban J connectivity index is 1.66. The first-order chi connectivity index (χ1) is 12.7. The van der Waals surface area contributed by atoms with Gasteiger partial charge in [-0.05, 0) is 25.1 Å². The maximum Gasteiger partial charge on any atom is 0.221 e. The normalized spacial score (nSPS) is 17.5. The molecular weight excluding hydrogens is 324 g/mol. The number of carbonyl (C=O) groups is 1. The molecular formula is C21H22N4O. The van der Waals surface area contributed by atoms with Crippen molar-refractivity contribution in [2.24, 2.45) is 11.7 Å². The van der Waals surface area contributed by atoms with E-state index in [1.165, 1.54) is 0 Å². The van der Waals surface area contributed by atoms with Gasteiger partial charge in [-0.2, -0.15) is 5.10 Å². The maximum absolute atomic E-state index is 11.5. The van der Waals surface area contributed by atoms with Crippen LogP contribution in [0.2, 0.25) is 0 Å². The molecule has 2 aromatic carbocycles. The molecule has 1 amide bonds. The zero-order valence-electron chi connectivity index (χ0n) is 14.6. The second-order valence-corrected chi connectivity index (χ2v) is 6.77. The minimum absolute atomic E-state index is 0.0423. The van der Waals surface area contributed by atoms with Gasteiger partial charge in [0.1, 0.15) is 0 Å². The van der Waals surface area contributed by atoms with E-state index >= 15 is 0 Å². The number of hydrogen-bond acceptors (Lipinski definition) is 3. The predicted octanol–water partition coefficient (Wildman–Crippen LogP) is 2.85. The van der Waals surface area contributed by atoms with Crippen molar-refractivity contribution in [2.75, 3.05) is 13.1 Å². The minimum Gasteiger partial charge on any atom is -0.369 e. The van der Waals surface area contributed by atoms with Gasteiger partial charge < -0.3 is 5.73 Å². The molecule has 0 spiro atoms. The monoisotopic (exact) mass is 346 g/mol. The lowest BCUT2D eigenvalue weighted by molar-refractivity contribution is -0.121. The Bertz CT molecular complexity index is 889. The highest BCUT2D eigenvalue weighted by Gasteiger charge is 2.27. The van der Waals surface area contributed by atoms with Crippen LogP contribution in [-0.2, 0) is 11.3 Å². The van der Waals surface area contributed by atoms with Gasteiger partial charge in [-0.15, -0.1) is 0 Å². The molecule has 2 N–H and O–H groups in total. The molecule has 0 aliphatic carbocycles. The van der Waals surface area contributed by atoms with Gasteiger partial charge in [0.2, 0.25) is 5.91 Å². The van der Waals surface area contributed by atoms with E-state index in [4.69, 9.17) is 10.8 Å². The van der Waals surface area contributed by atoms with Crippen LogP contribution in [0.5, 0.6) is 0 Å². The number of primary amides is 1. The van der Waals surface area contributed by atoms with Crippen molar-refractivity contribution in [1.82, 2.24) is 14.7 Å². The van der Waals surface area contributed by atoms with Gasteiger partial charge in [-0.3, -0.25) is 9.69 Å². The number of aromatic nitrogens is 2. The second kappa shape index (κ2) is 7.14. The Morgan fingerprint density at radius 3 is 2.42 bits per heavy atom. The van der Waals surface area contributed by atoms with E-state index in [9.17, 15) is 4.79 Å². The molecule has 1 fully saturated rings. The molecule has 1 aliphatic rings. The highest BCUT2D eigenvalue weighted by molar-refractivity contribution is 5.77. The molecule has 0 radical (unpaired) electrons. The van der Waals surface area contributed by atoms with Gasteiger partial charge in [0.05, 0.1) is 17.3 Å². The molecule has 1 atom stereocenters. The Labute approximate surface area is 153 Å². The fraction of sp³-hybridized carbons (Fsp3) is 0.238.